The van der Waals surface area contributed by atoms with E-state index in [-0.39, 0.29) is 24.9 Å². The summed E-state index contributed by atoms with van der Waals surface area (Å²) in [7, 11) is 0. The van der Waals surface area contributed by atoms with Crippen LogP contribution in [0.1, 0.15) is 12.7 Å². The van der Waals surface area contributed by atoms with Gasteiger partial charge in [0, 0.05) is 12.5 Å². The largest absolute Gasteiger partial charge is 0.384 e. The normalized spacial score (nSPS) is 15.9. The summed E-state index contributed by atoms with van der Waals surface area (Å²) in [6.45, 7) is 2.11. The Hall–Kier alpha value is -2.18. The van der Waals surface area contributed by atoms with Gasteiger partial charge in [0.2, 0.25) is 11.8 Å². The van der Waals surface area contributed by atoms with Crippen molar-refractivity contribution in [3.8, 4) is 0 Å². The highest BCUT2D eigenvalue weighted by atomic mass is 16.2. The van der Waals surface area contributed by atoms with Crippen molar-refractivity contribution >= 4 is 23.5 Å². The second kappa shape index (κ2) is 4.36. The van der Waals surface area contributed by atoms with Gasteiger partial charge in [0.25, 0.3) is 0 Å². The van der Waals surface area contributed by atoms with Gasteiger partial charge in [-0.05, 0) is 0 Å². The van der Waals surface area contributed by atoms with Crippen LogP contribution in [0.2, 0.25) is 0 Å². The molecule has 90 valence electrons. The van der Waals surface area contributed by atoms with E-state index in [2.05, 4.69) is 15.3 Å². The average Bonchev–Trinajstić information content (AvgIpc) is 2.26. The van der Waals surface area contributed by atoms with Gasteiger partial charge in [-0.3, -0.25) is 14.9 Å². The lowest BCUT2D eigenvalue weighted by molar-refractivity contribution is -0.130. The highest BCUT2D eigenvalue weighted by molar-refractivity contribution is 6.02. The van der Waals surface area contributed by atoms with Gasteiger partial charge < -0.3 is 10.6 Å². The number of amides is 2. The Kier molecular flexibility index (Phi) is 2.90. The zero-order valence-electron chi connectivity index (χ0n) is 9.43. The molecule has 1 fully saturated rings. The number of piperazine rings is 1. The van der Waals surface area contributed by atoms with Crippen LogP contribution in [0, 0.1) is 0 Å². The number of nitrogens with one attached hydrogen (secondary N) is 1. The van der Waals surface area contributed by atoms with Crippen LogP contribution < -0.4 is 16.0 Å². The van der Waals surface area contributed by atoms with Crippen LogP contribution in [0.5, 0.6) is 0 Å². The Morgan fingerprint density at radius 2 is 2.00 bits per heavy atom. The molecular weight excluding hydrogens is 222 g/mol. The van der Waals surface area contributed by atoms with Gasteiger partial charge in [-0.15, -0.1) is 0 Å². The predicted molar refractivity (Wildman–Crippen MR) is 61.2 cm³/mol. The van der Waals surface area contributed by atoms with E-state index in [1.807, 2.05) is 6.92 Å². The lowest BCUT2D eigenvalue weighted by Gasteiger charge is -2.26. The number of rotatable bonds is 2. The Morgan fingerprint density at radius 1 is 1.35 bits per heavy atom. The first kappa shape index (κ1) is 11.3. The summed E-state index contributed by atoms with van der Waals surface area (Å²) in [6.07, 6.45) is 0.645. The number of hydrogen-bond donors (Lipinski definition) is 2. The third-order valence-electron chi connectivity index (χ3n) is 2.37. The Balaban J connectivity index is 2.29. The third kappa shape index (κ3) is 2.49. The van der Waals surface area contributed by atoms with E-state index in [1.165, 1.54) is 0 Å². The number of aromatic nitrogens is 2. The maximum Gasteiger partial charge on any atom is 0.246 e. The lowest BCUT2D eigenvalue weighted by atomic mass is 10.3. The molecule has 17 heavy (non-hydrogen) atoms. The SMILES string of the molecule is CCc1nc(N)cc(N2CC(=O)NC(=O)C2)n1. The first-order valence-electron chi connectivity index (χ1n) is 5.29. The molecular formula is C10H13N5O2. The van der Waals surface area contributed by atoms with Crippen LogP contribution in [0.15, 0.2) is 6.07 Å². The first-order valence-corrected chi connectivity index (χ1v) is 5.29. The van der Waals surface area contributed by atoms with E-state index >= 15 is 0 Å². The van der Waals surface area contributed by atoms with Gasteiger partial charge >= 0.3 is 0 Å². The number of carbonyl (C=O) groups excluding carboxylic acids is 2. The molecule has 0 radical (unpaired) electrons. The van der Waals surface area contributed by atoms with E-state index in [4.69, 9.17) is 5.73 Å². The molecule has 3 N–H and O–H groups in total. The van der Waals surface area contributed by atoms with Gasteiger partial charge in [-0.2, -0.15) is 0 Å². The molecule has 0 saturated carbocycles. The Labute approximate surface area is 98.0 Å². The Morgan fingerprint density at radius 3 is 2.59 bits per heavy atom. The molecule has 2 rings (SSSR count). The zero-order valence-corrected chi connectivity index (χ0v) is 9.43. The van der Waals surface area contributed by atoms with Gasteiger partial charge in [-0.25, -0.2) is 9.97 Å². The number of nitrogen functional groups attached to an aromatic ring is 1. The molecule has 0 spiro atoms. The van der Waals surface area contributed by atoms with Crippen LogP contribution in [0.25, 0.3) is 0 Å². The average molecular weight is 235 g/mol. The predicted octanol–water partition coefficient (Wildman–Crippen LogP) is -0.916. The smallest absolute Gasteiger partial charge is 0.246 e. The van der Waals surface area contributed by atoms with Crippen molar-refractivity contribution in [2.45, 2.75) is 13.3 Å². The van der Waals surface area contributed by atoms with Crippen molar-refractivity contribution in [3.63, 3.8) is 0 Å². The summed E-state index contributed by atoms with van der Waals surface area (Å²) >= 11 is 0. The van der Waals surface area contributed by atoms with Gasteiger partial charge in [0.15, 0.2) is 0 Å². The summed E-state index contributed by atoms with van der Waals surface area (Å²) in [6, 6.07) is 1.56. The fourth-order valence-corrected chi connectivity index (χ4v) is 1.62. The number of hydrogen-bond acceptors (Lipinski definition) is 6. The lowest BCUT2D eigenvalue weighted by Crippen LogP contribution is -2.51. The first-order chi connectivity index (χ1) is 8.08. The zero-order chi connectivity index (χ0) is 12.4. The van der Waals surface area contributed by atoms with Crippen LogP contribution in [0.4, 0.5) is 11.6 Å². The minimum atomic E-state index is -0.337. The van der Waals surface area contributed by atoms with Crippen LogP contribution in [-0.4, -0.2) is 34.9 Å². The molecule has 1 aromatic heterocycles. The van der Waals surface area contributed by atoms with E-state index in [1.54, 1.807) is 11.0 Å². The fourth-order valence-electron chi connectivity index (χ4n) is 1.62. The second-order valence-electron chi connectivity index (χ2n) is 3.75. The number of nitrogens with zero attached hydrogens (tertiary/aromatic N) is 3. The van der Waals surface area contributed by atoms with Gasteiger partial charge in [-0.1, -0.05) is 6.92 Å². The van der Waals surface area contributed by atoms with Crippen molar-refractivity contribution in [1.82, 2.24) is 15.3 Å². The molecule has 1 saturated heterocycles. The quantitative estimate of drug-likeness (QED) is 0.643. The Bertz CT molecular complexity index is 458. The molecule has 0 aromatic carbocycles. The number of aryl methyl sites for hydroxylation is 1. The van der Waals surface area contributed by atoms with E-state index < -0.39 is 0 Å². The minimum Gasteiger partial charge on any atom is -0.384 e. The summed E-state index contributed by atoms with van der Waals surface area (Å²) < 4.78 is 0. The molecule has 0 aliphatic carbocycles. The number of carbonyl (C=O) groups is 2. The molecule has 1 aliphatic heterocycles. The number of anilines is 2. The standard InChI is InChI=1S/C10H13N5O2/c1-2-7-12-6(11)3-8(13-7)15-4-9(16)14-10(17)5-15/h3H,2,4-5H2,1H3,(H2,11,12,13)(H,14,16,17). The molecule has 1 aliphatic rings. The van der Waals surface area contributed by atoms with Gasteiger partial charge in [0.05, 0.1) is 13.1 Å². The summed E-state index contributed by atoms with van der Waals surface area (Å²) in [5.74, 6) is 0.772. The van der Waals surface area contributed by atoms with Crippen LogP contribution in [-0.2, 0) is 16.0 Å². The summed E-state index contributed by atoms with van der Waals surface area (Å²) in [4.78, 5) is 32.4. The van der Waals surface area contributed by atoms with E-state index in [9.17, 15) is 9.59 Å². The molecule has 0 atom stereocenters. The minimum absolute atomic E-state index is 0.103. The molecule has 7 nitrogen and oxygen atoms in total. The molecule has 2 amide bonds. The second-order valence-corrected chi connectivity index (χ2v) is 3.75. The van der Waals surface area contributed by atoms with Crippen molar-refractivity contribution < 1.29 is 9.59 Å². The maximum atomic E-state index is 11.2. The molecule has 0 unspecified atom stereocenters. The summed E-state index contributed by atoms with van der Waals surface area (Å²) in [5, 5.41) is 2.23. The van der Waals surface area contributed by atoms with Crippen molar-refractivity contribution in [2.24, 2.45) is 0 Å². The number of nitrogens with two attached hydrogens (primary N) is 1. The van der Waals surface area contributed by atoms with E-state index in [0.29, 0.717) is 23.9 Å². The van der Waals surface area contributed by atoms with Gasteiger partial charge in [0.1, 0.15) is 17.5 Å². The highest BCUT2D eigenvalue weighted by Crippen LogP contribution is 2.15. The molecule has 7 heteroatoms. The van der Waals surface area contributed by atoms with Crippen molar-refractivity contribution in [1.29, 1.82) is 0 Å². The monoisotopic (exact) mass is 235 g/mol. The topological polar surface area (TPSA) is 101 Å². The van der Waals surface area contributed by atoms with Crippen LogP contribution >= 0.6 is 0 Å². The van der Waals surface area contributed by atoms with Crippen molar-refractivity contribution in [2.75, 3.05) is 23.7 Å². The maximum absolute atomic E-state index is 11.2. The van der Waals surface area contributed by atoms with Crippen LogP contribution in [0.3, 0.4) is 0 Å². The van der Waals surface area contributed by atoms with E-state index in [0.717, 1.165) is 0 Å². The van der Waals surface area contributed by atoms with Crippen molar-refractivity contribution in [3.05, 3.63) is 11.9 Å². The highest BCUT2D eigenvalue weighted by Gasteiger charge is 2.23. The fraction of sp³-hybridized carbons (Fsp3) is 0.400. The molecule has 0 bridgehead atoms. The number of imide groups is 1. The summed E-state index contributed by atoms with van der Waals surface area (Å²) in [5.41, 5.74) is 5.65. The molecule has 1 aromatic rings. The third-order valence-corrected chi connectivity index (χ3v) is 2.37. The molecule has 2 heterocycles.